The normalized spacial score (nSPS) is 15.0. The second-order valence-corrected chi connectivity index (χ2v) is 6.15. The third-order valence-electron chi connectivity index (χ3n) is 4.17. The number of furan rings is 1. The zero-order valence-electron chi connectivity index (χ0n) is 13.8. The highest BCUT2D eigenvalue weighted by Gasteiger charge is 2.31. The van der Waals surface area contributed by atoms with Gasteiger partial charge >= 0.3 is 0 Å². The fourth-order valence-corrected chi connectivity index (χ4v) is 2.83. The molecule has 1 aliphatic heterocycles. The molecule has 0 bridgehead atoms. The predicted molar refractivity (Wildman–Crippen MR) is 86.8 cm³/mol. The number of aryl methyl sites for hydroxylation is 1. The number of carbonyl (C=O) groups excluding carboxylic acids is 1. The van der Waals surface area contributed by atoms with Crippen LogP contribution in [-0.2, 0) is 11.3 Å². The molecule has 0 aromatic carbocycles. The number of likely N-dealkylation sites (tertiary alicyclic amines) is 1. The summed E-state index contributed by atoms with van der Waals surface area (Å²) in [6, 6.07) is 6.07. The number of carbonyl (C=O) groups is 1. The van der Waals surface area contributed by atoms with Crippen LogP contribution in [0.1, 0.15) is 23.8 Å². The average Bonchev–Trinajstić information content (AvgIpc) is 3.18. The van der Waals surface area contributed by atoms with Gasteiger partial charge in [0, 0.05) is 25.8 Å². The van der Waals surface area contributed by atoms with E-state index in [0.717, 1.165) is 24.4 Å². The van der Waals surface area contributed by atoms with E-state index in [1.807, 2.05) is 30.1 Å². The van der Waals surface area contributed by atoms with Gasteiger partial charge in [0.1, 0.15) is 5.76 Å². The molecule has 1 amide bonds. The first-order valence-corrected chi connectivity index (χ1v) is 8.06. The van der Waals surface area contributed by atoms with E-state index < -0.39 is 0 Å². The summed E-state index contributed by atoms with van der Waals surface area (Å²) < 4.78 is 7.28. The van der Waals surface area contributed by atoms with E-state index in [1.54, 1.807) is 17.2 Å². The van der Waals surface area contributed by atoms with Crippen molar-refractivity contribution in [3.63, 3.8) is 0 Å². The smallest absolute Gasteiger partial charge is 0.237 e. The van der Waals surface area contributed by atoms with Crippen molar-refractivity contribution < 1.29 is 9.21 Å². The summed E-state index contributed by atoms with van der Waals surface area (Å²) >= 11 is 0. The summed E-state index contributed by atoms with van der Waals surface area (Å²) in [7, 11) is 0. The molecule has 1 fully saturated rings. The highest BCUT2D eigenvalue weighted by Crippen LogP contribution is 2.20. The lowest BCUT2D eigenvalue weighted by Gasteiger charge is -2.39. The van der Waals surface area contributed by atoms with Gasteiger partial charge in [-0.2, -0.15) is 10.4 Å². The zero-order chi connectivity index (χ0) is 16.9. The van der Waals surface area contributed by atoms with E-state index in [-0.39, 0.29) is 5.91 Å². The number of hydrogen-bond donors (Lipinski definition) is 0. The summed E-state index contributed by atoms with van der Waals surface area (Å²) in [4.78, 5) is 16.3. The Bertz CT molecular complexity index is 710. The molecule has 7 heteroatoms. The summed E-state index contributed by atoms with van der Waals surface area (Å²) in [5, 5.41) is 13.1. The fourth-order valence-electron chi connectivity index (χ4n) is 2.83. The average molecular weight is 327 g/mol. The molecule has 2 aromatic rings. The number of nitriles is 1. The van der Waals surface area contributed by atoms with Crippen LogP contribution >= 0.6 is 0 Å². The molecular weight excluding hydrogens is 306 g/mol. The van der Waals surface area contributed by atoms with E-state index >= 15 is 0 Å². The van der Waals surface area contributed by atoms with Gasteiger partial charge in [0.05, 0.1) is 44.1 Å². The highest BCUT2D eigenvalue weighted by atomic mass is 16.3. The van der Waals surface area contributed by atoms with Crippen LogP contribution < -0.4 is 0 Å². The van der Waals surface area contributed by atoms with E-state index in [0.29, 0.717) is 32.1 Å². The van der Waals surface area contributed by atoms with Crippen molar-refractivity contribution in [2.75, 3.05) is 26.2 Å². The monoisotopic (exact) mass is 327 g/mol. The standard InChI is InChI=1S/C17H21N5O2/c1-14-8-19-22(9-14)15-10-20(11-15)13-17(23)21(6-3-5-18)12-16-4-2-7-24-16/h2,4,7-9,15H,3,6,10-13H2,1H3. The van der Waals surface area contributed by atoms with Crippen LogP contribution in [0.25, 0.3) is 0 Å². The molecule has 1 aliphatic rings. The molecule has 3 heterocycles. The number of hydrogen-bond acceptors (Lipinski definition) is 5. The minimum absolute atomic E-state index is 0.0248. The largest absolute Gasteiger partial charge is 0.467 e. The van der Waals surface area contributed by atoms with Crippen molar-refractivity contribution in [2.24, 2.45) is 0 Å². The van der Waals surface area contributed by atoms with Gasteiger partial charge in [0.15, 0.2) is 0 Å². The third kappa shape index (κ3) is 3.84. The Labute approximate surface area is 141 Å². The minimum Gasteiger partial charge on any atom is -0.467 e. The van der Waals surface area contributed by atoms with E-state index in [4.69, 9.17) is 9.68 Å². The molecule has 2 aromatic heterocycles. The maximum atomic E-state index is 12.5. The Morgan fingerprint density at radius 1 is 1.54 bits per heavy atom. The quantitative estimate of drug-likeness (QED) is 0.771. The molecule has 0 atom stereocenters. The number of rotatable bonds is 7. The van der Waals surface area contributed by atoms with Crippen LogP contribution in [-0.4, -0.2) is 51.7 Å². The molecule has 3 rings (SSSR count). The van der Waals surface area contributed by atoms with Crippen LogP contribution in [0.4, 0.5) is 0 Å². The Kier molecular flexibility index (Phi) is 4.96. The van der Waals surface area contributed by atoms with Gasteiger partial charge in [-0.3, -0.25) is 14.4 Å². The SMILES string of the molecule is Cc1cnn(C2CN(CC(=O)N(CCC#N)Cc3ccco3)C2)c1. The number of nitrogens with zero attached hydrogens (tertiary/aromatic N) is 5. The summed E-state index contributed by atoms with van der Waals surface area (Å²) in [6.45, 7) is 4.85. The van der Waals surface area contributed by atoms with E-state index in [9.17, 15) is 4.79 Å². The maximum Gasteiger partial charge on any atom is 0.237 e. The van der Waals surface area contributed by atoms with Crippen molar-refractivity contribution in [1.29, 1.82) is 5.26 Å². The van der Waals surface area contributed by atoms with Gasteiger partial charge in [0.2, 0.25) is 5.91 Å². The Morgan fingerprint density at radius 3 is 3.00 bits per heavy atom. The summed E-state index contributed by atoms with van der Waals surface area (Å²) in [6.07, 6.45) is 5.79. The lowest BCUT2D eigenvalue weighted by molar-refractivity contribution is -0.134. The van der Waals surface area contributed by atoms with Crippen LogP contribution in [0.15, 0.2) is 35.2 Å². The van der Waals surface area contributed by atoms with Gasteiger partial charge < -0.3 is 9.32 Å². The second kappa shape index (κ2) is 7.32. The van der Waals surface area contributed by atoms with Crippen LogP contribution in [0.2, 0.25) is 0 Å². The number of aromatic nitrogens is 2. The Hall–Kier alpha value is -2.59. The molecule has 126 valence electrons. The third-order valence-corrected chi connectivity index (χ3v) is 4.17. The lowest BCUT2D eigenvalue weighted by Crippen LogP contribution is -2.52. The van der Waals surface area contributed by atoms with E-state index in [1.165, 1.54) is 0 Å². The van der Waals surface area contributed by atoms with Crippen molar-refractivity contribution in [3.8, 4) is 6.07 Å². The highest BCUT2D eigenvalue weighted by molar-refractivity contribution is 5.78. The fraction of sp³-hybridized carbons (Fsp3) is 0.471. The van der Waals surface area contributed by atoms with Gasteiger partial charge in [-0.05, 0) is 24.6 Å². The Morgan fingerprint density at radius 2 is 2.38 bits per heavy atom. The van der Waals surface area contributed by atoms with Crippen molar-refractivity contribution in [3.05, 3.63) is 42.1 Å². The van der Waals surface area contributed by atoms with Gasteiger partial charge in [0.25, 0.3) is 0 Å². The maximum absolute atomic E-state index is 12.5. The van der Waals surface area contributed by atoms with Gasteiger partial charge in [-0.15, -0.1) is 0 Å². The first kappa shape index (κ1) is 16.3. The minimum atomic E-state index is 0.0248. The molecule has 1 saturated heterocycles. The zero-order valence-corrected chi connectivity index (χ0v) is 13.8. The van der Waals surface area contributed by atoms with Gasteiger partial charge in [-0.1, -0.05) is 0 Å². The van der Waals surface area contributed by atoms with E-state index in [2.05, 4.69) is 16.1 Å². The van der Waals surface area contributed by atoms with Crippen molar-refractivity contribution in [2.45, 2.75) is 25.9 Å². The van der Waals surface area contributed by atoms with Crippen LogP contribution in [0, 0.1) is 18.3 Å². The number of amides is 1. The lowest BCUT2D eigenvalue weighted by atomic mass is 10.1. The predicted octanol–water partition coefficient (Wildman–Crippen LogP) is 1.58. The topological polar surface area (TPSA) is 78.3 Å². The molecule has 0 radical (unpaired) electrons. The summed E-state index contributed by atoms with van der Waals surface area (Å²) in [5.74, 6) is 0.756. The summed E-state index contributed by atoms with van der Waals surface area (Å²) in [5.41, 5.74) is 1.14. The molecule has 0 N–H and O–H groups in total. The molecule has 0 aliphatic carbocycles. The Balaban J connectivity index is 1.51. The van der Waals surface area contributed by atoms with Gasteiger partial charge in [-0.25, -0.2) is 0 Å². The molecule has 0 unspecified atom stereocenters. The molecule has 7 nitrogen and oxygen atoms in total. The first-order valence-electron chi connectivity index (χ1n) is 8.06. The van der Waals surface area contributed by atoms with Crippen LogP contribution in [0.3, 0.4) is 0 Å². The van der Waals surface area contributed by atoms with Crippen molar-refractivity contribution in [1.82, 2.24) is 19.6 Å². The molecular formula is C17H21N5O2. The molecule has 0 spiro atoms. The van der Waals surface area contributed by atoms with Crippen molar-refractivity contribution >= 4 is 5.91 Å². The second-order valence-electron chi connectivity index (χ2n) is 6.15. The first-order chi connectivity index (χ1) is 11.7. The molecule has 0 saturated carbocycles. The van der Waals surface area contributed by atoms with Crippen LogP contribution in [0.5, 0.6) is 0 Å². The molecule has 24 heavy (non-hydrogen) atoms.